The molecule has 1 aliphatic rings. The van der Waals surface area contributed by atoms with Crippen molar-refractivity contribution in [2.24, 2.45) is 0 Å². The van der Waals surface area contributed by atoms with Gasteiger partial charge in [0.05, 0.1) is 12.3 Å². The fourth-order valence-corrected chi connectivity index (χ4v) is 3.72. The van der Waals surface area contributed by atoms with E-state index in [1.165, 1.54) is 10.5 Å². The molecule has 2 rings (SSSR count). The number of rotatable bonds is 7. The maximum absolute atomic E-state index is 12.4. The SMILES string of the molecule is CNCCCn1cc(S(=O)(=O)N2CCC(OC)C2)cn1. The average Bonchev–Trinajstić information content (AvgIpc) is 3.08. The van der Waals surface area contributed by atoms with Crippen LogP contribution in [0.3, 0.4) is 0 Å². The summed E-state index contributed by atoms with van der Waals surface area (Å²) in [5.41, 5.74) is 0. The van der Waals surface area contributed by atoms with Gasteiger partial charge in [-0.1, -0.05) is 0 Å². The number of sulfonamides is 1. The summed E-state index contributed by atoms with van der Waals surface area (Å²) in [4.78, 5) is 0.263. The summed E-state index contributed by atoms with van der Waals surface area (Å²) in [5, 5.41) is 7.17. The van der Waals surface area contributed by atoms with Gasteiger partial charge in [-0.3, -0.25) is 4.68 Å². The maximum Gasteiger partial charge on any atom is 0.246 e. The molecule has 1 atom stereocenters. The monoisotopic (exact) mass is 302 g/mol. The minimum atomic E-state index is -3.44. The van der Waals surface area contributed by atoms with Crippen molar-refractivity contribution < 1.29 is 13.2 Å². The molecule has 2 heterocycles. The maximum atomic E-state index is 12.4. The second kappa shape index (κ2) is 6.66. The van der Waals surface area contributed by atoms with E-state index in [4.69, 9.17) is 4.74 Å². The molecule has 1 aliphatic heterocycles. The molecule has 1 aromatic rings. The number of aromatic nitrogens is 2. The molecular weight excluding hydrogens is 280 g/mol. The van der Waals surface area contributed by atoms with Crippen molar-refractivity contribution in [2.45, 2.75) is 30.4 Å². The predicted octanol–water partition coefficient (Wildman–Crippen LogP) is -0.0980. The fraction of sp³-hybridized carbons (Fsp3) is 0.750. The van der Waals surface area contributed by atoms with E-state index in [-0.39, 0.29) is 11.0 Å². The standard InChI is InChI=1S/C12H22N4O3S/c1-13-5-3-6-15-10-12(8-14-15)20(17,18)16-7-4-11(9-16)19-2/h8,10-11,13H,3-7,9H2,1-2H3. The van der Waals surface area contributed by atoms with E-state index in [9.17, 15) is 8.42 Å². The number of methoxy groups -OCH3 is 1. The second-order valence-electron chi connectivity index (χ2n) is 4.91. The summed E-state index contributed by atoms with van der Waals surface area (Å²) in [7, 11) is 0.0621. The normalized spacial score (nSPS) is 20.6. The van der Waals surface area contributed by atoms with Crippen LogP contribution in [0, 0.1) is 0 Å². The zero-order chi connectivity index (χ0) is 14.6. The van der Waals surface area contributed by atoms with E-state index in [0.717, 1.165) is 19.4 Å². The summed E-state index contributed by atoms with van der Waals surface area (Å²) in [6.45, 7) is 2.51. The summed E-state index contributed by atoms with van der Waals surface area (Å²) >= 11 is 0. The summed E-state index contributed by atoms with van der Waals surface area (Å²) in [6, 6.07) is 0. The Morgan fingerprint density at radius 1 is 1.55 bits per heavy atom. The Hall–Kier alpha value is -0.960. The molecule has 1 unspecified atom stereocenters. The summed E-state index contributed by atoms with van der Waals surface area (Å²) < 4.78 is 33.2. The topological polar surface area (TPSA) is 76.5 Å². The minimum absolute atomic E-state index is 0.00421. The molecule has 1 N–H and O–H groups in total. The third-order valence-electron chi connectivity index (χ3n) is 3.50. The van der Waals surface area contributed by atoms with Crippen LogP contribution in [0.2, 0.25) is 0 Å². The summed E-state index contributed by atoms with van der Waals surface area (Å²) in [5.74, 6) is 0. The van der Waals surface area contributed by atoms with Gasteiger partial charge in [0.25, 0.3) is 0 Å². The molecule has 0 amide bonds. The zero-order valence-corrected chi connectivity index (χ0v) is 12.8. The van der Waals surface area contributed by atoms with Gasteiger partial charge in [-0.15, -0.1) is 0 Å². The van der Waals surface area contributed by atoms with Crippen molar-refractivity contribution in [3.8, 4) is 0 Å². The molecule has 0 aromatic carbocycles. The van der Waals surface area contributed by atoms with Crippen LogP contribution in [0.25, 0.3) is 0 Å². The van der Waals surface area contributed by atoms with Crippen LogP contribution < -0.4 is 5.32 Å². The highest BCUT2D eigenvalue weighted by atomic mass is 32.2. The van der Waals surface area contributed by atoms with Crippen LogP contribution in [-0.4, -0.2) is 62.4 Å². The van der Waals surface area contributed by atoms with Crippen molar-refractivity contribution in [3.63, 3.8) is 0 Å². The van der Waals surface area contributed by atoms with Crippen molar-refractivity contribution in [1.29, 1.82) is 0 Å². The lowest BCUT2D eigenvalue weighted by atomic mass is 10.3. The van der Waals surface area contributed by atoms with Crippen molar-refractivity contribution >= 4 is 10.0 Å². The lowest BCUT2D eigenvalue weighted by Crippen LogP contribution is -2.29. The first-order chi connectivity index (χ1) is 9.57. The highest BCUT2D eigenvalue weighted by Crippen LogP contribution is 2.21. The quantitative estimate of drug-likeness (QED) is 0.712. The largest absolute Gasteiger partial charge is 0.380 e. The number of ether oxygens (including phenoxy) is 1. The number of hydrogen-bond donors (Lipinski definition) is 1. The highest BCUT2D eigenvalue weighted by Gasteiger charge is 2.33. The average molecular weight is 302 g/mol. The molecule has 1 saturated heterocycles. The minimum Gasteiger partial charge on any atom is -0.380 e. The van der Waals surface area contributed by atoms with Crippen LogP contribution in [0.5, 0.6) is 0 Å². The Morgan fingerprint density at radius 3 is 3.00 bits per heavy atom. The Labute approximate surface area is 120 Å². The molecule has 7 nitrogen and oxygen atoms in total. The lowest BCUT2D eigenvalue weighted by molar-refractivity contribution is 0.115. The van der Waals surface area contributed by atoms with Crippen LogP contribution in [0.4, 0.5) is 0 Å². The van der Waals surface area contributed by atoms with Crippen LogP contribution >= 0.6 is 0 Å². The van der Waals surface area contributed by atoms with E-state index in [0.29, 0.717) is 19.6 Å². The Kier molecular flexibility index (Phi) is 5.14. The van der Waals surface area contributed by atoms with Gasteiger partial charge < -0.3 is 10.1 Å². The molecule has 114 valence electrons. The van der Waals surface area contributed by atoms with Gasteiger partial charge in [-0.2, -0.15) is 9.40 Å². The first kappa shape index (κ1) is 15.4. The zero-order valence-electron chi connectivity index (χ0n) is 11.9. The third kappa shape index (κ3) is 3.38. The molecule has 0 bridgehead atoms. The summed E-state index contributed by atoms with van der Waals surface area (Å²) in [6.07, 6.45) is 4.68. The fourth-order valence-electron chi connectivity index (χ4n) is 2.28. The molecular formula is C12H22N4O3S. The molecule has 0 saturated carbocycles. The van der Waals surface area contributed by atoms with E-state index in [1.807, 2.05) is 7.05 Å². The van der Waals surface area contributed by atoms with Crippen LogP contribution in [-0.2, 0) is 21.3 Å². The van der Waals surface area contributed by atoms with Gasteiger partial charge in [0.2, 0.25) is 10.0 Å². The smallest absolute Gasteiger partial charge is 0.246 e. The van der Waals surface area contributed by atoms with Crippen molar-refractivity contribution in [2.75, 3.05) is 33.8 Å². The van der Waals surface area contributed by atoms with Crippen LogP contribution in [0.15, 0.2) is 17.3 Å². The van der Waals surface area contributed by atoms with Gasteiger partial charge in [0.15, 0.2) is 0 Å². The Bertz CT molecular complexity index is 529. The Balaban J connectivity index is 2.03. The molecule has 0 spiro atoms. The molecule has 0 aliphatic carbocycles. The van der Waals surface area contributed by atoms with E-state index in [1.54, 1.807) is 18.0 Å². The molecule has 20 heavy (non-hydrogen) atoms. The second-order valence-corrected chi connectivity index (χ2v) is 6.84. The molecule has 1 fully saturated rings. The lowest BCUT2D eigenvalue weighted by Gasteiger charge is -2.14. The van der Waals surface area contributed by atoms with E-state index in [2.05, 4.69) is 10.4 Å². The predicted molar refractivity (Wildman–Crippen MR) is 74.9 cm³/mol. The van der Waals surface area contributed by atoms with Crippen LogP contribution in [0.1, 0.15) is 12.8 Å². The number of hydrogen-bond acceptors (Lipinski definition) is 5. The van der Waals surface area contributed by atoms with Gasteiger partial charge >= 0.3 is 0 Å². The molecule has 8 heteroatoms. The first-order valence-corrected chi connectivity index (χ1v) is 8.22. The number of nitrogens with zero attached hydrogens (tertiary/aromatic N) is 3. The van der Waals surface area contributed by atoms with Gasteiger partial charge in [-0.25, -0.2) is 8.42 Å². The van der Waals surface area contributed by atoms with E-state index >= 15 is 0 Å². The van der Waals surface area contributed by atoms with Gasteiger partial charge in [0, 0.05) is 32.9 Å². The van der Waals surface area contributed by atoms with Crippen molar-refractivity contribution in [3.05, 3.63) is 12.4 Å². The first-order valence-electron chi connectivity index (χ1n) is 6.78. The van der Waals surface area contributed by atoms with Gasteiger partial charge in [0.1, 0.15) is 4.90 Å². The Morgan fingerprint density at radius 2 is 2.35 bits per heavy atom. The number of aryl methyl sites for hydroxylation is 1. The molecule has 1 aromatic heterocycles. The molecule has 0 radical (unpaired) electrons. The number of nitrogens with one attached hydrogen (secondary N) is 1. The third-order valence-corrected chi connectivity index (χ3v) is 5.32. The van der Waals surface area contributed by atoms with Crippen molar-refractivity contribution in [1.82, 2.24) is 19.4 Å². The van der Waals surface area contributed by atoms with Gasteiger partial charge in [-0.05, 0) is 26.4 Å². The highest BCUT2D eigenvalue weighted by molar-refractivity contribution is 7.89. The van der Waals surface area contributed by atoms with E-state index < -0.39 is 10.0 Å².